The Morgan fingerprint density at radius 2 is 1.64 bits per heavy atom. The number of hydrogen-bond donors (Lipinski definition) is 2. The lowest BCUT2D eigenvalue weighted by Crippen LogP contribution is -2.50. The third kappa shape index (κ3) is 10.3. The van der Waals surface area contributed by atoms with Gasteiger partial charge in [0.1, 0.15) is 0 Å². The Balaban J connectivity index is 0.000000383. The maximum Gasteiger partial charge on any atom is 0.490 e. The first-order valence-corrected chi connectivity index (χ1v) is 10.7. The summed E-state index contributed by atoms with van der Waals surface area (Å²) < 4.78 is 76.4. The van der Waals surface area contributed by atoms with Crippen molar-refractivity contribution in [2.75, 3.05) is 47.0 Å². The largest absolute Gasteiger partial charge is 0.490 e. The van der Waals surface area contributed by atoms with Gasteiger partial charge in [0.2, 0.25) is 0 Å². The summed E-state index contributed by atoms with van der Waals surface area (Å²) in [5.41, 5.74) is 1.30. The maximum absolute atomic E-state index is 10.6. The summed E-state index contributed by atoms with van der Waals surface area (Å²) >= 11 is 0. The van der Waals surface area contributed by atoms with Crippen LogP contribution in [0.1, 0.15) is 12.0 Å². The number of carboxylic acids is 2. The Morgan fingerprint density at radius 1 is 1.08 bits per heavy atom. The van der Waals surface area contributed by atoms with Gasteiger partial charge < -0.3 is 19.7 Å². The van der Waals surface area contributed by atoms with Crippen molar-refractivity contribution in [2.45, 2.75) is 37.5 Å². The lowest BCUT2D eigenvalue weighted by molar-refractivity contribution is -0.193. The minimum atomic E-state index is -5.08. The zero-order valence-corrected chi connectivity index (χ0v) is 19.9. The highest BCUT2D eigenvalue weighted by Gasteiger charge is 2.44. The van der Waals surface area contributed by atoms with Gasteiger partial charge in [0.25, 0.3) is 0 Å². The summed E-state index contributed by atoms with van der Waals surface area (Å²) in [7, 11) is 5.61. The first kappa shape index (κ1) is 31.6. The molecule has 36 heavy (non-hydrogen) atoms. The Bertz CT molecular complexity index is 810. The van der Waals surface area contributed by atoms with Crippen LogP contribution in [0.4, 0.5) is 26.3 Å². The molecule has 2 N–H and O–H groups in total. The number of halogens is 6. The molecule has 0 aromatic carbocycles. The molecule has 2 aliphatic rings. The van der Waals surface area contributed by atoms with Gasteiger partial charge in [-0.2, -0.15) is 31.4 Å². The van der Waals surface area contributed by atoms with Crippen LogP contribution in [-0.4, -0.2) is 113 Å². The molecule has 1 aromatic heterocycles. The number of nitrogens with zero attached hydrogens (tertiary/aromatic N) is 4. The zero-order valence-electron chi connectivity index (χ0n) is 19.9. The molecule has 0 amide bonds. The van der Waals surface area contributed by atoms with Crippen molar-refractivity contribution in [3.8, 4) is 0 Å². The number of aryl methyl sites for hydroxylation is 1. The molecule has 0 radical (unpaired) electrons. The number of methoxy groups -OCH3 is 2. The monoisotopic (exact) mass is 536 g/mol. The quantitative estimate of drug-likeness (QED) is 0.526. The van der Waals surface area contributed by atoms with Crippen molar-refractivity contribution in [3.63, 3.8) is 0 Å². The zero-order chi connectivity index (χ0) is 27.7. The van der Waals surface area contributed by atoms with E-state index in [4.69, 9.17) is 29.3 Å². The minimum absolute atomic E-state index is 0.391. The van der Waals surface area contributed by atoms with Gasteiger partial charge in [-0.25, -0.2) is 9.59 Å². The van der Waals surface area contributed by atoms with Crippen LogP contribution in [0.3, 0.4) is 0 Å². The summed E-state index contributed by atoms with van der Waals surface area (Å²) in [6.07, 6.45) is -4.55. The van der Waals surface area contributed by atoms with Crippen molar-refractivity contribution < 1.29 is 55.6 Å². The molecular weight excluding hydrogens is 506 g/mol. The number of aliphatic carboxylic acids is 2. The molecule has 16 heteroatoms. The Morgan fingerprint density at radius 3 is 2.06 bits per heavy atom. The average molecular weight is 536 g/mol. The van der Waals surface area contributed by atoms with Gasteiger partial charge in [-0.1, -0.05) is 0 Å². The SMILES string of the molecule is COCCN1C[C@H]2[C@@H](C1)N(Cc1cnn(C)c1)CC[C@H]2OC.O=C(O)C(F)(F)F.O=C(O)C(F)(F)F. The summed E-state index contributed by atoms with van der Waals surface area (Å²) in [4.78, 5) is 22.9. The molecule has 1 aromatic rings. The maximum atomic E-state index is 10.6. The third-order valence-electron chi connectivity index (χ3n) is 5.60. The second-order valence-corrected chi connectivity index (χ2v) is 8.14. The smallest absolute Gasteiger partial charge is 0.475 e. The fraction of sp³-hybridized carbons (Fsp3) is 0.750. The number of fused-ring (bicyclic) bond motifs is 1. The number of ether oxygens (including phenoxy) is 2. The van der Waals surface area contributed by atoms with E-state index in [9.17, 15) is 26.3 Å². The van der Waals surface area contributed by atoms with E-state index in [0.29, 0.717) is 18.1 Å². The number of alkyl halides is 6. The van der Waals surface area contributed by atoms with Crippen LogP contribution < -0.4 is 0 Å². The molecule has 3 rings (SSSR count). The van der Waals surface area contributed by atoms with Crippen LogP contribution in [0.15, 0.2) is 12.4 Å². The predicted octanol–water partition coefficient (Wildman–Crippen LogP) is 1.85. The molecule has 2 saturated heterocycles. The van der Waals surface area contributed by atoms with Crippen LogP contribution in [0, 0.1) is 5.92 Å². The van der Waals surface area contributed by atoms with Gasteiger partial charge in [-0.05, 0) is 6.42 Å². The molecule has 0 bridgehead atoms. The molecule has 0 saturated carbocycles. The van der Waals surface area contributed by atoms with Crippen LogP contribution >= 0.6 is 0 Å². The topological polar surface area (TPSA) is 117 Å². The number of carbonyl (C=O) groups is 2. The van der Waals surface area contributed by atoms with E-state index in [2.05, 4.69) is 21.1 Å². The van der Waals surface area contributed by atoms with Crippen molar-refractivity contribution in [2.24, 2.45) is 13.0 Å². The molecule has 0 unspecified atom stereocenters. The first-order chi connectivity index (χ1) is 16.6. The van der Waals surface area contributed by atoms with Gasteiger partial charge in [0.05, 0.1) is 18.9 Å². The number of rotatable bonds is 6. The third-order valence-corrected chi connectivity index (χ3v) is 5.60. The van der Waals surface area contributed by atoms with E-state index in [1.54, 1.807) is 7.11 Å². The normalized spacial score (nSPS) is 22.6. The fourth-order valence-electron chi connectivity index (χ4n) is 4.00. The van der Waals surface area contributed by atoms with E-state index in [1.165, 1.54) is 5.56 Å². The Hall–Kier alpha value is -2.43. The highest BCUT2D eigenvalue weighted by molar-refractivity contribution is 5.73. The fourth-order valence-corrected chi connectivity index (χ4v) is 4.00. The van der Waals surface area contributed by atoms with E-state index in [0.717, 1.165) is 45.8 Å². The summed E-state index contributed by atoms with van der Waals surface area (Å²) in [5, 5.41) is 18.5. The first-order valence-electron chi connectivity index (χ1n) is 10.7. The second kappa shape index (κ2) is 13.8. The van der Waals surface area contributed by atoms with Crippen molar-refractivity contribution in [3.05, 3.63) is 18.0 Å². The average Bonchev–Trinajstić information content (AvgIpc) is 3.38. The Labute approximate surface area is 203 Å². The van der Waals surface area contributed by atoms with Crippen LogP contribution in [0.5, 0.6) is 0 Å². The van der Waals surface area contributed by atoms with Gasteiger partial charge in [-0.15, -0.1) is 0 Å². The summed E-state index contributed by atoms with van der Waals surface area (Å²) in [6.45, 7) is 6.15. The number of likely N-dealkylation sites (tertiary alicyclic amines) is 2. The second-order valence-electron chi connectivity index (χ2n) is 8.14. The summed E-state index contributed by atoms with van der Waals surface area (Å²) in [6, 6.07) is 0.579. The molecule has 3 atom stereocenters. The van der Waals surface area contributed by atoms with E-state index in [1.807, 2.05) is 25.0 Å². The lowest BCUT2D eigenvalue weighted by Gasteiger charge is -2.41. The molecule has 0 aliphatic carbocycles. The van der Waals surface area contributed by atoms with Gasteiger partial charge >= 0.3 is 24.3 Å². The minimum Gasteiger partial charge on any atom is -0.475 e. The molecule has 3 heterocycles. The van der Waals surface area contributed by atoms with E-state index >= 15 is 0 Å². The number of piperidine rings is 1. The number of aromatic nitrogens is 2. The van der Waals surface area contributed by atoms with Crippen molar-refractivity contribution >= 4 is 11.9 Å². The van der Waals surface area contributed by atoms with Crippen LogP contribution in [0.25, 0.3) is 0 Å². The lowest BCUT2D eigenvalue weighted by atomic mass is 9.89. The predicted molar refractivity (Wildman–Crippen MR) is 112 cm³/mol. The standard InChI is InChI=1S/C16H28N4O2.2C2HF3O2/c1-18-9-13(8-17-18)10-20-5-4-16(22-3)14-11-19(6-7-21-2)12-15(14)20;2*3-2(4,5)1(6)7/h8-9,14-16H,4-7,10-12H2,1-3H3;2*(H,6,7)/t14-,15+,16+;;/m0../s1. The summed E-state index contributed by atoms with van der Waals surface area (Å²) in [5.74, 6) is -4.91. The van der Waals surface area contributed by atoms with E-state index < -0.39 is 24.3 Å². The molecule has 208 valence electrons. The van der Waals surface area contributed by atoms with Crippen molar-refractivity contribution in [1.82, 2.24) is 19.6 Å². The highest BCUT2D eigenvalue weighted by atomic mass is 19.4. The molecular formula is C20H30F6N4O6. The van der Waals surface area contributed by atoms with Gasteiger partial charge in [0.15, 0.2) is 0 Å². The molecule has 2 fully saturated rings. The highest BCUT2D eigenvalue weighted by Crippen LogP contribution is 2.33. The van der Waals surface area contributed by atoms with Crippen molar-refractivity contribution in [1.29, 1.82) is 0 Å². The van der Waals surface area contributed by atoms with Crippen LogP contribution in [-0.2, 0) is 32.7 Å². The Kier molecular flexibility index (Phi) is 12.1. The molecule has 2 aliphatic heterocycles. The molecule has 0 spiro atoms. The van der Waals surface area contributed by atoms with Crippen LogP contribution in [0.2, 0.25) is 0 Å². The van der Waals surface area contributed by atoms with Gasteiger partial charge in [-0.3, -0.25) is 14.5 Å². The number of carboxylic acid groups (broad SMARTS) is 2. The molecule has 10 nitrogen and oxygen atoms in total. The van der Waals surface area contributed by atoms with Gasteiger partial charge in [0, 0.05) is 77.7 Å². The van der Waals surface area contributed by atoms with E-state index in [-0.39, 0.29) is 0 Å². The number of hydrogen-bond acceptors (Lipinski definition) is 7.